The van der Waals surface area contributed by atoms with Crippen molar-refractivity contribution in [3.8, 4) is 0 Å². The summed E-state index contributed by atoms with van der Waals surface area (Å²) in [6.45, 7) is 3.73. The quantitative estimate of drug-likeness (QED) is 0.414. The molecule has 0 unspecified atom stereocenters. The van der Waals surface area contributed by atoms with Gasteiger partial charge in [-0.25, -0.2) is 4.57 Å². The fourth-order valence-electron chi connectivity index (χ4n) is 0.494. The summed E-state index contributed by atoms with van der Waals surface area (Å²) in [5.41, 5.74) is 0. The molecule has 0 fully saturated rings. The first-order valence-corrected chi connectivity index (χ1v) is 5.57. The van der Waals surface area contributed by atoms with Gasteiger partial charge in [-0.3, -0.25) is 9.05 Å². The van der Waals surface area contributed by atoms with Crippen LogP contribution in [0.25, 0.3) is 0 Å². The first-order chi connectivity index (χ1) is 5.54. The molecule has 0 atom stereocenters. The summed E-state index contributed by atoms with van der Waals surface area (Å²) in [5.74, 6) is 0. The summed E-state index contributed by atoms with van der Waals surface area (Å²) in [5, 5.41) is 0. The Bertz CT molecular complexity index is 188. The van der Waals surface area contributed by atoms with Gasteiger partial charge in [-0.05, 0) is 37.7 Å². The van der Waals surface area contributed by atoms with Crippen molar-refractivity contribution >= 4 is 36.2 Å². The molecule has 0 radical (unpaired) electrons. The number of phosphoric acid groups is 1. The number of rotatable bonds is 5. The SMILES string of the molecule is CCOP(=O)(OCC)OC(=S)Cl. The van der Waals surface area contributed by atoms with Crippen molar-refractivity contribution in [1.29, 1.82) is 0 Å². The molecule has 4 nitrogen and oxygen atoms in total. The summed E-state index contributed by atoms with van der Waals surface area (Å²) >= 11 is 9.59. The molecule has 0 saturated carbocycles. The van der Waals surface area contributed by atoms with Crippen LogP contribution in [-0.4, -0.2) is 17.7 Å². The van der Waals surface area contributed by atoms with Crippen LogP contribution in [0.1, 0.15) is 13.8 Å². The van der Waals surface area contributed by atoms with E-state index >= 15 is 0 Å². The summed E-state index contributed by atoms with van der Waals surface area (Å²) in [4.78, 5) is 0. The third-order valence-electron chi connectivity index (χ3n) is 0.758. The molecule has 0 saturated heterocycles. The van der Waals surface area contributed by atoms with Gasteiger partial charge in [0.25, 0.3) is 4.51 Å². The smallest absolute Gasteiger partial charge is 0.381 e. The fraction of sp³-hybridized carbons (Fsp3) is 0.800. The van der Waals surface area contributed by atoms with Crippen molar-refractivity contribution in [2.75, 3.05) is 13.2 Å². The summed E-state index contributed by atoms with van der Waals surface area (Å²) in [6, 6.07) is 0. The van der Waals surface area contributed by atoms with Crippen LogP contribution < -0.4 is 0 Å². The Hall–Kier alpha value is 0.330. The van der Waals surface area contributed by atoms with E-state index in [-0.39, 0.29) is 17.7 Å². The number of phosphoric ester groups is 1. The highest BCUT2D eigenvalue weighted by Crippen LogP contribution is 2.49. The lowest BCUT2D eigenvalue weighted by atomic mass is 10.9. The molecular formula is C5H10ClO4PS. The topological polar surface area (TPSA) is 44.8 Å². The van der Waals surface area contributed by atoms with Crippen LogP contribution in [0.2, 0.25) is 0 Å². The summed E-state index contributed by atoms with van der Waals surface area (Å²) < 4.78 is 25.0. The monoisotopic (exact) mass is 232 g/mol. The van der Waals surface area contributed by atoms with Crippen LogP contribution in [0, 0.1) is 0 Å². The maximum atomic E-state index is 11.4. The molecule has 0 aliphatic heterocycles. The summed E-state index contributed by atoms with van der Waals surface area (Å²) in [6.07, 6.45) is 0. The highest BCUT2D eigenvalue weighted by atomic mass is 35.5. The normalized spacial score (nSPS) is 11.2. The van der Waals surface area contributed by atoms with Crippen molar-refractivity contribution in [1.82, 2.24) is 0 Å². The molecule has 0 spiro atoms. The van der Waals surface area contributed by atoms with E-state index in [1.807, 2.05) is 0 Å². The van der Waals surface area contributed by atoms with Crippen LogP contribution in [0.3, 0.4) is 0 Å². The minimum Gasteiger partial charge on any atom is -0.381 e. The van der Waals surface area contributed by atoms with Gasteiger partial charge < -0.3 is 4.52 Å². The first-order valence-electron chi connectivity index (χ1n) is 3.32. The average Bonchev–Trinajstić information content (AvgIpc) is 1.85. The third-order valence-corrected chi connectivity index (χ3v) is 2.70. The van der Waals surface area contributed by atoms with E-state index in [2.05, 4.69) is 16.7 Å². The van der Waals surface area contributed by atoms with E-state index in [1.54, 1.807) is 13.8 Å². The zero-order valence-corrected chi connectivity index (χ0v) is 9.25. The maximum absolute atomic E-state index is 11.4. The maximum Gasteiger partial charge on any atom is 0.531 e. The third kappa shape index (κ3) is 5.06. The lowest BCUT2D eigenvalue weighted by Crippen LogP contribution is -2.01. The molecule has 0 aromatic rings. The predicted octanol–water partition coefficient (Wildman–Crippen LogP) is 2.71. The zero-order chi connectivity index (χ0) is 9.61. The zero-order valence-electron chi connectivity index (χ0n) is 6.78. The second-order valence-corrected chi connectivity index (χ2v) is 4.14. The van der Waals surface area contributed by atoms with Gasteiger partial charge in [0.1, 0.15) is 0 Å². The van der Waals surface area contributed by atoms with Crippen molar-refractivity contribution in [3.05, 3.63) is 0 Å². The minimum atomic E-state index is -3.55. The Labute approximate surface area is 81.8 Å². The van der Waals surface area contributed by atoms with Crippen LogP contribution in [0.4, 0.5) is 0 Å². The van der Waals surface area contributed by atoms with Crippen LogP contribution in [0.5, 0.6) is 0 Å². The molecule has 0 heterocycles. The number of thiocarbonyl (C=S) groups is 1. The van der Waals surface area contributed by atoms with Crippen LogP contribution in [-0.2, 0) is 18.1 Å². The minimum absolute atomic E-state index is 0.205. The van der Waals surface area contributed by atoms with Crippen molar-refractivity contribution < 1.29 is 18.1 Å². The van der Waals surface area contributed by atoms with Crippen LogP contribution in [0.15, 0.2) is 0 Å². The van der Waals surface area contributed by atoms with E-state index in [0.717, 1.165) is 0 Å². The second kappa shape index (κ2) is 5.89. The standard InChI is InChI=1S/C5H10ClO4PS/c1-3-8-11(7,9-4-2)10-5(6)12/h3-4H2,1-2H3. The van der Waals surface area contributed by atoms with Gasteiger partial charge in [-0.15, -0.1) is 0 Å². The Morgan fingerprint density at radius 1 is 1.42 bits per heavy atom. The molecule has 0 aromatic heterocycles. The van der Waals surface area contributed by atoms with E-state index in [0.29, 0.717) is 0 Å². The number of halogens is 1. The lowest BCUT2D eigenvalue weighted by molar-refractivity contribution is 0.167. The van der Waals surface area contributed by atoms with Gasteiger partial charge in [-0.1, -0.05) is 0 Å². The van der Waals surface area contributed by atoms with Gasteiger partial charge in [0.2, 0.25) is 0 Å². The van der Waals surface area contributed by atoms with Crippen molar-refractivity contribution in [3.63, 3.8) is 0 Å². The highest BCUT2D eigenvalue weighted by Gasteiger charge is 2.27. The molecular weight excluding hydrogens is 223 g/mol. The molecule has 72 valence electrons. The lowest BCUT2D eigenvalue weighted by Gasteiger charge is -2.14. The molecule has 0 aromatic carbocycles. The van der Waals surface area contributed by atoms with Gasteiger partial charge in [0.05, 0.1) is 13.2 Å². The van der Waals surface area contributed by atoms with Gasteiger partial charge >= 0.3 is 7.82 Å². The second-order valence-electron chi connectivity index (χ2n) is 1.61. The van der Waals surface area contributed by atoms with E-state index in [4.69, 9.17) is 20.6 Å². The van der Waals surface area contributed by atoms with Gasteiger partial charge in [0.15, 0.2) is 0 Å². The Balaban J connectivity index is 4.18. The molecule has 0 aliphatic carbocycles. The Morgan fingerprint density at radius 3 is 2.08 bits per heavy atom. The molecule has 0 amide bonds. The average molecular weight is 233 g/mol. The highest BCUT2D eigenvalue weighted by molar-refractivity contribution is 7.83. The van der Waals surface area contributed by atoms with Crippen molar-refractivity contribution in [2.24, 2.45) is 0 Å². The van der Waals surface area contributed by atoms with Gasteiger partial charge in [0, 0.05) is 0 Å². The van der Waals surface area contributed by atoms with Crippen LogP contribution >= 0.6 is 31.6 Å². The first kappa shape index (κ1) is 12.3. The molecule has 7 heteroatoms. The Morgan fingerprint density at radius 2 is 1.83 bits per heavy atom. The Kier molecular flexibility index (Phi) is 6.05. The largest absolute Gasteiger partial charge is 0.531 e. The van der Waals surface area contributed by atoms with E-state index in [1.165, 1.54) is 0 Å². The number of hydrogen-bond donors (Lipinski definition) is 0. The molecule has 0 rings (SSSR count). The molecule has 0 aliphatic rings. The number of hydrogen-bond acceptors (Lipinski definition) is 5. The molecule has 0 bridgehead atoms. The van der Waals surface area contributed by atoms with E-state index in [9.17, 15) is 4.57 Å². The molecule has 0 N–H and O–H groups in total. The van der Waals surface area contributed by atoms with E-state index < -0.39 is 7.82 Å². The fourth-order valence-corrected chi connectivity index (χ4v) is 2.01. The molecule has 12 heavy (non-hydrogen) atoms. The van der Waals surface area contributed by atoms with Crippen molar-refractivity contribution in [2.45, 2.75) is 13.8 Å². The summed E-state index contributed by atoms with van der Waals surface area (Å²) in [7, 11) is -3.55. The predicted molar refractivity (Wildman–Crippen MR) is 50.4 cm³/mol. The van der Waals surface area contributed by atoms with Gasteiger partial charge in [-0.2, -0.15) is 0 Å².